The SMILES string of the molecule is CCNCCOCCOCCC(=O)NC. The average molecular weight is 218 g/mol. The van der Waals surface area contributed by atoms with Crippen LogP contribution in [0.3, 0.4) is 0 Å². The van der Waals surface area contributed by atoms with E-state index in [1.165, 1.54) is 0 Å². The molecule has 0 aliphatic heterocycles. The van der Waals surface area contributed by atoms with Crippen molar-refractivity contribution in [1.29, 1.82) is 0 Å². The van der Waals surface area contributed by atoms with Gasteiger partial charge in [0.1, 0.15) is 0 Å². The molecule has 0 heterocycles. The maximum Gasteiger partial charge on any atom is 0.222 e. The van der Waals surface area contributed by atoms with Crippen molar-refractivity contribution in [2.45, 2.75) is 13.3 Å². The van der Waals surface area contributed by atoms with E-state index in [0.717, 1.165) is 13.1 Å². The third-order valence-electron chi connectivity index (χ3n) is 1.80. The second kappa shape index (κ2) is 11.4. The van der Waals surface area contributed by atoms with E-state index in [1.54, 1.807) is 7.05 Å². The van der Waals surface area contributed by atoms with Crippen LogP contribution in [0.15, 0.2) is 0 Å². The van der Waals surface area contributed by atoms with Crippen molar-refractivity contribution < 1.29 is 14.3 Å². The zero-order valence-corrected chi connectivity index (χ0v) is 9.67. The first kappa shape index (κ1) is 14.3. The molecule has 0 atom stereocenters. The Morgan fingerprint density at radius 3 is 2.40 bits per heavy atom. The van der Waals surface area contributed by atoms with Gasteiger partial charge in [-0.25, -0.2) is 0 Å². The number of carbonyl (C=O) groups is 1. The molecular formula is C10H22N2O3. The van der Waals surface area contributed by atoms with Crippen molar-refractivity contribution in [2.24, 2.45) is 0 Å². The lowest BCUT2D eigenvalue weighted by molar-refractivity contribution is -0.121. The van der Waals surface area contributed by atoms with Crippen LogP contribution >= 0.6 is 0 Å². The lowest BCUT2D eigenvalue weighted by atomic mass is 10.4. The van der Waals surface area contributed by atoms with Crippen molar-refractivity contribution in [3.05, 3.63) is 0 Å². The van der Waals surface area contributed by atoms with Gasteiger partial charge in [-0.05, 0) is 6.54 Å². The molecule has 0 fully saturated rings. The average Bonchev–Trinajstić information content (AvgIpc) is 2.26. The lowest BCUT2D eigenvalue weighted by Gasteiger charge is -2.05. The highest BCUT2D eigenvalue weighted by Gasteiger charge is 1.96. The van der Waals surface area contributed by atoms with Gasteiger partial charge in [0.15, 0.2) is 0 Å². The summed E-state index contributed by atoms with van der Waals surface area (Å²) in [6.45, 7) is 6.17. The summed E-state index contributed by atoms with van der Waals surface area (Å²) in [6, 6.07) is 0. The fourth-order valence-electron chi connectivity index (χ4n) is 0.933. The zero-order valence-electron chi connectivity index (χ0n) is 9.67. The molecule has 0 radical (unpaired) electrons. The first-order valence-corrected chi connectivity index (χ1v) is 5.38. The lowest BCUT2D eigenvalue weighted by Crippen LogP contribution is -2.21. The van der Waals surface area contributed by atoms with Crippen LogP contribution in [0.5, 0.6) is 0 Å². The van der Waals surface area contributed by atoms with Crippen LogP contribution < -0.4 is 10.6 Å². The quantitative estimate of drug-likeness (QED) is 0.497. The minimum atomic E-state index is 0.00284. The summed E-state index contributed by atoms with van der Waals surface area (Å²) < 4.78 is 10.5. The van der Waals surface area contributed by atoms with Crippen molar-refractivity contribution in [3.8, 4) is 0 Å². The predicted octanol–water partition coefficient (Wildman–Crippen LogP) is -0.235. The number of hydrogen-bond acceptors (Lipinski definition) is 4. The maximum atomic E-state index is 10.8. The van der Waals surface area contributed by atoms with E-state index in [-0.39, 0.29) is 5.91 Å². The first-order valence-electron chi connectivity index (χ1n) is 5.38. The van der Waals surface area contributed by atoms with Crippen molar-refractivity contribution in [2.75, 3.05) is 46.6 Å². The minimum Gasteiger partial charge on any atom is -0.379 e. The third-order valence-corrected chi connectivity index (χ3v) is 1.80. The summed E-state index contributed by atoms with van der Waals surface area (Å²) in [5.41, 5.74) is 0. The van der Waals surface area contributed by atoms with Gasteiger partial charge >= 0.3 is 0 Å². The summed E-state index contributed by atoms with van der Waals surface area (Å²) in [7, 11) is 1.62. The molecule has 0 saturated heterocycles. The topological polar surface area (TPSA) is 59.6 Å². The monoisotopic (exact) mass is 218 g/mol. The Morgan fingerprint density at radius 1 is 1.13 bits per heavy atom. The fourth-order valence-corrected chi connectivity index (χ4v) is 0.933. The number of hydrogen-bond donors (Lipinski definition) is 2. The van der Waals surface area contributed by atoms with Gasteiger partial charge in [-0.3, -0.25) is 4.79 Å². The molecule has 1 amide bonds. The Bertz CT molecular complexity index is 154. The van der Waals surface area contributed by atoms with Gasteiger partial charge < -0.3 is 20.1 Å². The van der Waals surface area contributed by atoms with Crippen LogP contribution in [0.1, 0.15) is 13.3 Å². The molecule has 0 spiro atoms. The predicted molar refractivity (Wildman–Crippen MR) is 58.9 cm³/mol. The first-order chi connectivity index (χ1) is 7.31. The van der Waals surface area contributed by atoms with E-state index in [1.807, 2.05) is 0 Å². The molecule has 0 aromatic carbocycles. The number of amides is 1. The molecular weight excluding hydrogens is 196 g/mol. The van der Waals surface area contributed by atoms with Gasteiger partial charge in [0, 0.05) is 20.0 Å². The standard InChI is InChI=1S/C10H22N2O3/c1-3-12-5-7-15-9-8-14-6-4-10(13)11-2/h12H,3-9H2,1-2H3,(H,11,13). The molecule has 0 aliphatic rings. The van der Waals surface area contributed by atoms with E-state index in [4.69, 9.17) is 9.47 Å². The Balaban J connectivity index is 2.95. The summed E-state index contributed by atoms with van der Waals surface area (Å²) in [5, 5.41) is 5.69. The van der Waals surface area contributed by atoms with Crippen LogP contribution in [-0.4, -0.2) is 52.5 Å². The fraction of sp³-hybridized carbons (Fsp3) is 0.900. The molecule has 0 aromatic rings. The highest BCUT2D eigenvalue weighted by molar-refractivity contribution is 5.75. The molecule has 2 N–H and O–H groups in total. The Kier molecular flexibility index (Phi) is 10.9. The molecule has 0 bridgehead atoms. The number of ether oxygens (including phenoxy) is 2. The van der Waals surface area contributed by atoms with E-state index >= 15 is 0 Å². The van der Waals surface area contributed by atoms with Gasteiger partial charge in [-0.1, -0.05) is 6.92 Å². The van der Waals surface area contributed by atoms with E-state index in [2.05, 4.69) is 17.6 Å². The Morgan fingerprint density at radius 2 is 1.80 bits per heavy atom. The molecule has 0 unspecified atom stereocenters. The Labute approximate surface area is 91.5 Å². The second-order valence-electron chi connectivity index (χ2n) is 3.00. The van der Waals surface area contributed by atoms with Gasteiger partial charge in [-0.15, -0.1) is 0 Å². The summed E-state index contributed by atoms with van der Waals surface area (Å²) in [5.74, 6) is 0.00284. The van der Waals surface area contributed by atoms with E-state index in [9.17, 15) is 4.79 Å². The van der Waals surface area contributed by atoms with Gasteiger partial charge in [0.05, 0.1) is 26.4 Å². The van der Waals surface area contributed by atoms with Crippen LogP contribution in [0.2, 0.25) is 0 Å². The minimum absolute atomic E-state index is 0.00284. The van der Waals surface area contributed by atoms with Crippen molar-refractivity contribution in [1.82, 2.24) is 10.6 Å². The molecule has 15 heavy (non-hydrogen) atoms. The van der Waals surface area contributed by atoms with Gasteiger partial charge in [-0.2, -0.15) is 0 Å². The largest absolute Gasteiger partial charge is 0.379 e. The highest BCUT2D eigenvalue weighted by atomic mass is 16.5. The van der Waals surface area contributed by atoms with Crippen LogP contribution in [0.25, 0.3) is 0 Å². The van der Waals surface area contributed by atoms with Crippen molar-refractivity contribution >= 4 is 5.91 Å². The molecule has 0 rings (SSSR count). The van der Waals surface area contributed by atoms with Crippen LogP contribution in [0.4, 0.5) is 0 Å². The molecule has 0 aromatic heterocycles. The molecule has 0 saturated carbocycles. The highest BCUT2D eigenvalue weighted by Crippen LogP contribution is 1.83. The summed E-state index contributed by atoms with van der Waals surface area (Å²) in [6.07, 6.45) is 0.411. The summed E-state index contributed by atoms with van der Waals surface area (Å²) in [4.78, 5) is 10.8. The summed E-state index contributed by atoms with van der Waals surface area (Å²) >= 11 is 0. The van der Waals surface area contributed by atoms with Crippen LogP contribution in [-0.2, 0) is 14.3 Å². The second-order valence-corrected chi connectivity index (χ2v) is 3.00. The van der Waals surface area contributed by atoms with Gasteiger partial charge in [0.25, 0.3) is 0 Å². The zero-order chi connectivity index (χ0) is 11.4. The normalized spacial score (nSPS) is 10.3. The number of rotatable bonds is 10. The molecule has 5 heteroatoms. The smallest absolute Gasteiger partial charge is 0.222 e. The van der Waals surface area contributed by atoms with Crippen molar-refractivity contribution in [3.63, 3.8) is 0 Å². The van der Waals surface area contributed by atoms with Crippen LogP contribution in [0, 0.1) is 0 Å². The molecule has 0 aliphatic carbocycles. The number of nitrogens with one attached hydrogen (secondary N) is 2. The molecule has 5 nitrogen and oxygen atoms in total. The van der Waals surface area contributed by atoms with Gasteiger partial charge in [0.2, 0.25) is 5.91 Å². The van der Waals surface area contributed by atoms with E-state index in [0.29, 0.717) is 32.8 Å². The number of likely N-dealkylation sites (N-methyl/N-ethyl adjacent to an activating group) is 1. The maximum absolute atomic E-state index is 10.8. The Hall–Kier alpha value is -0.650. The molecule has 90 valence electrons. The third kappa shape index (κ3) is 11.3. The number of carbonyl (C=O) groups excluding carboxylic acids is 1. The van der Waals surface area contributed by atoms with E-state index < -0.39 is 0 Å².